The number of hydrogen-bond acceptors (Lipinski definition) is 3. The maximum atomic E-state index is 12.7. The summed E-state index contributed by atoms with van der Waals surface area (Å²) < 4.78 is 5.83. The van der Waals surface area contributed by atoms with E-state index in [9.17, 15) is 9.59 Å². The van der Waals surface area contributed by atoms with Crippen LogP contribution in [0.5, 0.6) is 0 Å². The molecule has 25 heavy (non-hydrogen) atoms. The number of anilines is 1. The Balaban J connectivity index is 1.54. The summed E-state index contributed by atoms with van der Waals surface area (Å²) in [5, 5.41) is 6.78. The van der Waals surface area contributed by atoms with Crippen LogP contribution in [0.2, 0.25) is 0 Å². The van der Waals surface area contributed by atoms with E-state index in [1.165, 1.54) is 0 Å². The molecule has 0 bridgehead atoms. The van der Waals surface area contributed by atoms with Crippen LogP contribution >= 0.6 is 0 Å². The number of amides is 2. The first-order valence-corrected chi connectivity index (χ1v) is 8.27. The molecule has 0 fully saturated rings. The standard InChI is InChI=1S/C20H18N2O3/c1-12-13-6-3-5-9-17(13)25-18(12)11-21-20(24)15-10-19(23)22-16-8-4-2-7-14(15)16/h2-9,15H,10-11H2,1H3,(H,21,24)(H,22,23). The molecule has 1 aliphatic rings. The molecule has 2 aromatic carbocycles. The van der Waals surface area contributed by atoms with Crippen LogP contribution in [0.3, 0.4) is 0 Å². The SMILES string of the molecule is Cc1c(CNC(=O)C2CC(=O)Nc3ccccc32)oc2ccccc12. The van der Waals surface area contributed by atoms with Gasteiger partial charge < -0.3 is 15.1 Å². The van der Waals surface area contributed by atoms with Gasteiger partial charge in [-0.15, -0.1) is 0 Å². The maximum absolute atomic E-state index is 12.7. The molecular formula is C20H18N2O3. The highest BCUT2D eigenvalue weighted by molar-refractivity contribution is 6.01. The summed E-state index contributed by atoms with van der Waals surface area (Å²) in [7, 11) is 0. The molecule has 1 atom stereocenters. The molecule has 2 N–H and O–H groups in total. The van der Waals surface area contributed by atoms with E-state index in [0.29, 0.717) is 12.2 Å². The molecule has 3 aromatic rings. The van der Waals surface area contributed by atoms with Crippen LogP contribution in [0.15, 0.2) is 52.9 Å². The maximum Gasteiger partial charge on any atom is 0.228 e. The summed E-state index contributed by atoms with van der Waals surface area (Å²) in [6.07, 6.45) is 0.155. The monoisotopic (exact) mass is 334 g/mol. The first-order chi connectivity index (χ1) is 12.1. The lowest BCUT2D eigenvalue weighted by molar-refractivity contribution is -0.126. The number of carbonyl (C=O) groups excluding carboxylic acids is 2. The molecule has 2 heterocycles. The van der Waals surface area contributed by atoms with Gasteiger partial charge in [0, 0.05) is 23.1 Å². The van der Waals surface area contributed by atoms with Crippen LogP contribution in [0.1, 0.15) is 29.2 Å². The van der Waals surface area contributed by atoms with Gasteiger partial charge in [-0.25, -0.2) is 0 Å². The molecular weight excluding hydrogens is 316 g/mol. The molecule has 0 saturated carbocycles. The molecule has 126 valence electrons. The van der Waals surface area contributed by atoms with Crippen molar-refractivity contribution in [3.05, 3.63) is 65.4 Å². The van der Waals surface area contributed by atoms with Gasteiger partial charge in [-0.2, -0.15) is 0 Å². The van der Waals surface area contributed by atoms with Gasteiger partial charge in [0.25, 0.3) is 0 Å². The normalized spacial score (nSPS) is 16.4. The summed E-state index contributed by atoms with van der Waals surface area (Å²) in [5.74, 6) is -0.0429. The van der Waals surface area contributed by atoms with Gasteiger partial charge in [0.15, 0.2) is 0 Å². The highest BCUT2D eigenvalue weighted by atomic mass is 16.3. The Labute approximate surface area is 145 Å². The number of aryl methyl sites for hydroxylation is 1. The van der Waals surface area contributed by atoms with Crippen molar-refractivity contribution in [2.24, 2.45) is 0 Å². The number of nitrogens with one attached hydrogen (secondary N) is 2. The Hall–Kier alpha value is -3.08. The van der Waals surface area contributed by atoms with Gasteiger partial charge in [0.1, 0.15) is 11.3 Å². The van der Waals surface area contributed by atoms with Gasteiger partial charge in [-0.3, -0.25) is 9.59 Å². The topological polar surface area (TPSA) is 71.3 Å². The third kappa shape index (κ3) is 2.78. The van der Waals surface area contributed by atoms with E-state index in [1.54, 1.807) is 0 Å². The third-order valence-electron chi connectivity index (χ3n) is 4.68. The van der Waals surface area contributed by atoms with Gasteiger partial charge in [0.2, 0.25) is 11.8 Å². The highest BCUT2D eigenvalue weighted by Gasteiger charge is 2.30. The van der Waals surface area contributed by atoms with E-state index in [0.717, 1.165) is 27.9 Å². The van der Waals surface area contributed by atoms with Crippen LogP contribution < -0.4 is 10.6 Å². The fraction of sp³-hybridized carbons (Fsp3) is 0.200. The smallest absolute Gasteiger partial charge is 0.228 e. The van der Waals surface area contributed by atoms with E-state index in [-0.39, 0.29) is 18.2 Å². The lowest BCUT2D eigenvalue weighted by Crippen LogP contribution is -2.34. The van der Waals surface area contributed by atoms with Crippen molar-refractivity contribution in [2.75, 3.05) is 5.32 Å². The van der Waals surface area contributed by atoms with Crippen LogP contribution in [0.4, 0.5) is 5.69 Å². The molecule has 5 nitrogen and oxygen atoms in total. The van der Waals surface area contributed by atoms with E-state index in [2.05, 4.69) is 10.6 Å². The third-order valence-corrected chi connectivity index (χ3v) is 4.68. The van der Waals surface area contributed by atoms with E-state index >= 15 is 0 Å². The lowest BCUT2D eigenvalue weighted by Gasteiger charge is -2.24. The van der Waals surface area contributed by atoms with Crippen molar-refractivity contribution in [3.63, 3.8) is 0 Å². The molecule has 1 aromatic heterocycles. The minimum atomic E-state index is -0.477. The number of carbonyl (C=O) groups is 2. The first-order valence-electron chi connectivity index (χ1n) is 8.27. The molecule has 0 spiro atoms. The zero-order valence-corrected chi connectivity index (χ0v) is 13.8. The van der Waals surface area contributed by atoms with Gasteiger partial charge >= 0.3 is 0 Å². The van der Waals surface area contributed by atoms with E-state index < -0.39 is 5.92 Å². The number of rotatable bonds is 3. The van der Waals surface area contributed by atoms with Gasteiger partial charge in [-0.1, -0.05) is 36.4 Å². The molecule has 0 radical (unpaired) electrons. The molecule has 2 amide bonds. The second-order valence-corrected chi connectivity index (χ2v) is 6.26. The van der Waals surface area contributed by atoms with Crippen molar-refractivity contribution in [2.45, 2.75) is 25.8 Å². The minimum absolute atomic E-state index is 0.140. The number of para-hydroxylation sites is 2. The van der Waals surface area contributed by atoms with Crippen molar-refractivity contribution in [1.82, 2.24) is 5.32 Å². The van der Waals surface area contributed by atoms with Gasteiger partial charge in [0.05, 0.1) is 12.5 Å². The molecule has 5 heteroatoms. The largest absolute Gasteiger partial charge is 0.459 e. The average molecular weight is 334 g/mol. The highest BCUT2D eigenvalue weighted by Crippen LogP contribution is 2.32. The predicted octanol–water partition coefficient (Wildman–Crippen LogP) is 3.48. The van der Waals surface area contributed by atoms with Crippen LogP contribution in [-0.4, -0.2) is 11.8 Å². The van der Waals surface area contributed by atoms with Crippen molar-refractivity contribution in [1.29, 1.82) is 0 Å². The van der Waals surface area contributed by atoms with Crippen LogP contribution in [0, 0.1) is 6.92 Å². The Kier molecular flexibility index (Phi) is 3.76. The number of hydrogen-bond donors (Lipinski definition) is 2. The number of fused-ring (bicyclic) bond motifs is 2. The van der Waals surface area contributed by atoms with E-state index in [1.807, 2.05) is 55.5 Å². The zero-order chi connectivity index (χ0) is 17.4. The van der Waals surface area contributed by atoms with Crippen LogP contribution in [-0.2, 0) is 16.1 Å². The summed E-state index contributed by atoms with van der Waals surface area (Å²) in [4.78, 5) is 24.6. The van der Waals surface area contributed by atoms with Crippen LogP contribution in [0.25, 0.3) is 11.0 Å². The minimum Gasteiger partial charge on any atom is -0.459 e. The summed E-state index contributed by atoms with van der Waals surface area (Å²) in [5.41, 5.74) is 3.39. The van der Waals surface area contributed by atoms with Crippen molar-refractivity contribution in [3.8, 4) is 0 Å². The molecule has 1 aliphatic heterocycles. The zero-order valence-electron chi connectivity index (χ0n) is 13.8. The number of furan rings is 1. The molecule has 0 saturated heterocycles. The molecule has 4 rings (SSSR count). The molecule has 1 unspecified atom stereocenters. The Morgan fingerprint density at radius 3 is 2.80 bits per heavy atom. The van der Waals surface area contributed by atoms with Crippen molar-refractivity contribution < 1.29 is 14.0 Å². The summed E-state index contributed by atoms with van der Waals surface area (Å²) >= 11 is 0. The first kappa shape index (κ1) is 15.4. The predicted molar refractivity (Wildman–Crippen MR) is 95.2 cm³/mol. The summed E-state index contributed by atoms with van der Waals surface area (Å²) in [6.45, 7) is 2.29. The van der Waals surface area contributed by atoms with Crippen molar-refractivity contribution >= 4 is 28.5 Å². The Morgan fingerprint density at radius 1 is 1.20 bits per heavy atom. The average Bonchev–Trinajstić information content (AvgIpc) is 2.95. The Bertz CT molecular complexity index is 974. The second kappa shape index (κ2) is 6.09. The Morgan fingerprint density at radius 2 is 1.96 bits per heavy atom. The quantitative estimate of drug-likeness (QED) is 0.770. The summed E-state index contributed by atoms with van der Waals surface area (Å²) in [6, 6.07) is 15.2. The fourth-order valence-electron chi connectivity index (χ4n) is 3.33. The second-order valence-electron chi connectivity index (χ2n) is 6.26. The molecule has 0 aliphatic carbocycles. The van der Waals surface area contributed by atoms with E-state index in [4.69, 9.17) is 4.42 Å². The van der Waals surface area contributed by atoms with Gasteiger partial charge in [-0.05, 0) is 24.6 Å². The lowest BCUT2D eigenvalue weighted by atomic mass is 9.90. The number of benzene rings is 2. The fourth-order valence-corrected chi connectivity index (χ4v) is 3.33.